The van der Waals surface area contributed by atoms with E-state index in [0.29, 0.717) is 18.9 Å². The van der Waals surface area contributed by atoms with Gasteiger partial charge in [0, 0.05) is 12.0 Å². The minimum atomic E-state index is -1.11. The molecule has 0 aromatic heterocycles. The summed E-state index contributed by atoms with van der Waals surface area (Å²) in [6, 6.07) is 9.46. The van der Waals surface area contributed by atoms with Crippen LogP contribution in [0.15, 0.2) is 30.3 Å². The first-order valence-corrected chi connectivity index (χ1v) is 8.57. The zero-order valence-corrected chi connectivity index (χ0v) is 14.1. The average Bonchev–Trinajstić information content (AvgIpc) is 3.03. The number of likely N-dealkylation sites (tertiary alicyclic amines) is 1. The summed E-state index contributed by atoms with van der Waals surface area (Å²) in [6.45, 7) is 4.86. The second-order valence-electron chi connectivity index (χ2n) is 7.98. The molecule has 3 aliphatic rings. The Morgan fingerprint density at radius 3 is 2.62 bits per heavy atom. The van der Waals surface area contributed by atoms with E-state index in [-0.39, 0.29) is 17.4 Å². The van der Waals surface area contributed by atoms with Crippen molar-refractivity contribution in [1.82, 2.24) is 4.90 Å². The molecule has 0 unspecified atom stereocenters. The number of carboxylic acids is 1. The molecule has 1 amide bonds. The summed E-state index contributed by atoms with van der Waals surface area (Å²) < 4.78 is 5.46. The highest BCUT2D eigenvalue weighted by Gasteiger charge is 2.81. The van der Waals surface area contributed by atoms with Gasteiger partial charge in [0.1, 0.15) is 12.1 Å². The number of rotatable bonds is 3. The molecule has 1 aliphatic heterocycles. The fourth-order valence-corrected chi connectivity index (χ4v) is 5.74. The predicted octanol–water partition coefficient (Wildman–Crippen LogP) is 3.29. The van der Waals surface area contributed by atoms with E-state index >= 15 is 0 Å². The number of carbonyl (C=O) groups excluding carboxylic acids is 1. The number of hydrogen-bond acceptors (Lipinski definition) is 3. The first-order valence-electron chi connectivity index (χ1n) is 8.57. The highest BCUT2D eigenvalue weighted by molar-refractivity contribution is 5.88. The Balaban J connectivity index is 1.60. The number of ether oxygens (including phenoxy) is 1. The molecule has 4 atom stereocenters. The predicted molar refractivity (Wildman–Crippen MR) is 87.3 cm³/mol. The zero-order chi connectivity index (χ0) is 17.2. The van der Waals surface area contributed by atoms with E-state index in [1.54, 1.807) is 0 Å². The first kappa shape index (κ1) is 15.5. The number of benzene rings is 1. The maximum atomic E-state index is 12.7. The van der Waals surface area contributed by atoms with E-state index in [2.05, 4.69) is 13.8 Å². The molecule has 5 nitrogen and oxygen atoms in total. The Morgan fingerprint density at radius 1 is 1.29 bits per heavy atom. The Labute approximate surface area is 141 Å². The quantitative estimate of drug-likeness (QED) is 0.924. The van der Waals surface area contributed by atoms with E-state index in [1.807, 2.05) is 30.3 Å². The molecule has 1 heterocycles. The van der Waals surface area contributed by atoms with E-state index in [9.17, 15) is 14.7 Å². The fourth-order valence-electron chi connectivity index (χ4n) is 5.74. The number of piperidine rings is 1. The van der Waals surface area contributed by atoms with Crippen LogP contribution in [-0.2, 0) is 16.1 Å². The number of nitrogens with zero attached hydrogens (tertiary/aromatic N) is 1. The van der Waals surface area contributed by atoms with Crippen molar-refractivity contribution in [2.75, 3.05) is 6.54 Å². The number of amides is 1. The molecule has 24 heavy (non-hydrogen) atoms. The van der Waals surface area contributed by atoms with E-state index in [4.69, 9.17) is 4.74 Å². The molecule has 1 saturated heterocycles. The minimum Gasteiger partial charge on any atom is -0.479 e. The van der Waals surface area contributed by atoms with Gasteiger partial charge in [0.15, 0.2) is 0 Å². The van der Waals surface area contributed by atoms with Crippen molar-refractivity contribution in [3.8, 4) is 0 Å². The van der Waals surface area contributed by atoms with Crippen molar-refractivity contribution in [2.24, 2.45) is 16.7 Å². The Morgan fingerprint density at radius 2 is 2.00 bits per heavy atom. The lowest BCUT2D eigenvalue weighted by atomic mass is 9.65. The van der Waals surface area contributed by atoms with Crippen LogP contribution in [0.25, 0.3) is 0 Å². The first-order chi connectivity index (χ1) is 11.3. The lowest BCUT2D eigenvalue weighted by Gasteiger charge is -2.44. The van der Waals surface area contributed by atoms with Gasteiger partial charge in [-0.05, 0) is 36.2 Å². The molecule has 2 saturated carbocycles. The summed E-state index contributed by atoms with van der Waals surface area (Å²) >= 11 is 0. The highest BCUT2D eigenvalue weighted by atomic mass is 16.6. The number of carboxylic acid groups (broad SMARTS) is 1. The molecular formula is C19H23NO4. The zero-order valence-electron chi connectivity index (χ0n) is 14.1. The molecule has 1 aromatic rings. The maximum Gasteiger partial charge on any atom is 0.411 e. The molecule has 128 valence electrons. The second kappa shape index (κ2) is 4.74. The summed E-state index contributed by atoms with van der Waals surface area (Å²) in [5, 5.41) is 10.0. The summed E-state index contributed by atoms with van der Waals surface area (Å²) in [7, 11) is 0. The lowest BCUT2D eigenvalue weighted by molar-refractivity contribution is -0.156. The molecule has 4 bridgehead atoms. The standard InChI is InChI=1S/C19H23NO4/c1-17-12-20(16(23)24-11-13-6-4-3-5-7-13)19(15(21)22)10-14(17)8-9-18(17,19)2/h3-7,14H,8-12H2,1-2H3,(H,21,22)/t14-,17+,18-,19+/m1/s1. The van der Waals surface area contributed by atoms with E-state index in [1.165, 1.54) is 4.90 Å². The Hall–Kier alpha value is -2.04. The van der Waals surface area contributed by atoms with E-state index < -0.39 is 17.6 Å². The molecule has 0 radical (unpaired) electrons. The molecule has 4 rings (SSSR count). The minimum absolute atomic E-state index is 0.128. The molecule has 5 heteroatoms. The highest BCUT2D eigenvalue weighted by Crippen LogP contribution is 2.75. The molecular weight excluding hydrogens is 306 g/mol. The maximum absolute atomic E-state index is 12.7. The van der Waals surface area contributed by atoms with Gasteiger partial charge in [0.05, 0.1) is 0 Å². The number of hydrogen-bond donors (Lipinski definition) is 1. The van der Waals surface area contributed by atoms with Crippen molar-refractivity contribution in [1.29, 1.82) is 0 Å². The topological polar surface area (TPSA) is 66.8 Å². The largest absolute Gasteiger partial charge is 0.479 e. The van der Waals surface area contributed by atoms with Gasteiger partial charge in [0.25, 0.3) is 0 Å². The third-order valence-electron chi connectivity index (χ3n) is 7.34. The summed E-state index contributed by atoms with van der Waals surface area (Å²) in [4.78, 5) is 26.5. The molecule has 0 spiro atoms. The van der Waals surface area contributed by atoms with Crippen LogP contribution in [0.2, 0.25) is 0 Å². The number of aliphatic carboxylic acids is 1. The summed E-state index contributed by atoms with van der Waals surface area (Å²) in [6.07, 6.45) is 1.98. The lowest BCUT2D eigenvalue weighted by Crippen LogP contribution is -2.60. The second-order valence-corrected chi connectivity index (χ2v) is 7.98. The third kappa shape index (κ3) is 1.60. The molecule has 2 aliphatic carbocycles. The normalized spacial score (nSPS) is 39.2. The van der Waals surface area contributed by atoms with Crippen LogP contribution in [0.1, 0.15) is 38.7 Å². The number of carbonyl (C=O) groups is 2. The Kier molecular flexibility index (Phi) is 3.06. The van der Waals surface area contributed by atoms with Crippen molar-refractivity contribution in [3.05, 3.63) is 35.9 Å². The van der Waals surface area contributed by atoms with Crippen LogP contribution in [0.3, 0.4) is 0 Å². The average molecular weight is 329 g/mol. The van der Waals surface area contributed by atoms with Crippen LogP contribution < -0.4 is 0 Å². The SMILES string of the molecule is C[C@]12CC[C@@H]3C[C@@]1(C(=O)O)N(C(=O)OCc1ccccc1)C[C@@]32C. The summed E-state index contributed by atoms with van der Waals surface area (Å²) in [5.74, 6) is -0.496. The van der Waals surface area contributed by atoms with Gasteiger partial charge in [-0.1, -0.05) is 44.2 Å². The monoisotopic (exact) mass is 329 g/mol. The van der Waals surface area contributed by atoms with Gasteiger partial charge in [-0.2, -0.15) is 0 Å². The van der Waals surface area contributed by atoms with Gasteiger partial charge in [-0.25, -0.2) is 9.59 Å². The third-order valence-corrected chi connectivity index (χ3v) is 7.34. The van der Waals surface area contributed by atoms with E-state index in [0.717, 1.165) is 18.4 Å². The van der Waals surface area contributed by atoms with Gasteiger partial charge in [0.2, 0.25) is 0 Å². The Bertz CT molecular complexity index is 705. The van der Waals surface area contributed by atoms with Crippen LogP contribution in [0.4, 0.5) is 4.79 Å². The van der Waals surface area contributed by atoms with Gasteiger partial charge in [-0.15, -0.1) is 0 Å². The molecule has 1 aromatic carbocycles. The van der Waals surface area contributed by atoms with Gasteiger partial charge < -0.3 is 9.84 Å². The van der Waals surface area contributed by atoms with Crippen molar-refractivity contribution in [3.63, 3.8) is 0 Å². The van der Waals surface area contributed by atoms with Crippen molar-refractivity contribution >= 4 is 12.1 Å². The summed E-state index contributed by atoms with van der Waals surface area (Å²) in [5.41, 5.74) is -0.712. The fraction of sp³-hybridized carbons (Fsp3) is 0.579. The smallest absolute Gasteiger partial charge is 0.411 e. The van der Waals surface area contributed by atoms with Gasteiger partial charge >= 0.3 is 12.1 Å². The van der Waals surface area contributed by atoms with Crippen LogP contribution in [0, 0.1) is 16.7 Å². The molecule has 1 N–H and O–H groups in total. The van der Waals surface area contributed by atoms with Crippen LogP contribution >= 0.6 is 0 Å². The van der Waals surface area contributed by atoms with Crippen molar-refractivity contribution in [2.45, 2.75) is 45.3 Å². The van der Waals surface area contributed by atoms with Crippen molar-refractivity contribution < 1.29 is 19.4 Å². The van der Waals surface area contributed by atoms with Crippen LogP contribution in [-0.4, -0.2) is 34.2 Å². The molecule has 3 fully saturated rings. The van der Waals surface area contributed by atoms with Crippen LogP contribution in [0.5, 0.6) is 0 Å². The van der Waals surface area contributed by atoms with Gasteiger partial charge in [-0.3, -0.25) is 4.90 Å².